The van der Waals surface area contributed by atoms with Crippen molar-refractivity contribution < 1.29 is 29.5 Å². The van der Waals surface area contributed by atoms with E-state index in [1.165, 1.54) is 12.1 Å². The van der Waals surface area contributed by atoms with E-state index in [0.717, 1.165) is 0 Å². The number of rotatable bonds is 4. The maximum Gasteiger partial charge on any atom is 0.311 e. The van der Waals surface area contributed by atoms with E-state index in [-0.39, 0.29) is 43.4 Å². The third-order valence-corrected chi connectivity index (χ3v) is 5.39. The van der Waals surface area contributed by atoms with E-state index in [4.69, 9.17) is 12.3 Å². The van der Waals surface area contributed by atoms with Crippen LogP contribution in [0.1, 0.15) is 28.6 Å². The van der Waals surface area contributed by atoms with Crippen LogP contribution in [0.3, 0.4) is 0 Å². The zero-order chi connectivity index (χ0) is 20.9. The van der Waals surface area contributed by atoms with Gasteiger partial charge in [0.05, 0.1) is 24.8 Å². The summed E-state index contributed by atoms with van der Waals surface area (Å²) in [5.74, 6) is -2.21. The molecule has 0 saturated carbocycles. The van der Waals surface area contributed by atoms with Crippen LogP contribution < -0.4 is 5.46 Å². The Morgan fingerprint density at radius 3 is 2.25 bits per heavy atom. The molecule has 3 aromatic rings. The van der Waals surface area contributed by atoms with E-state index in [9.17, 15) is 30.2 Å². The minimum absolute atomic E-state index is 0.0867. The average molecular weight is 511 g/mol. The lowest BCUT2D eigenvalue weighted by molar-refractivity contribution is -0.384. The molecule has 0 spiro atoms. The number of aromatic hydroxyl groups is 3. The lowest BCUT2D eigenvalue weighted by Crippen LogP contribution is -2.12. The number of nitrogens with zero attached hydrogens (tertiary/aromatic N) is 1. The van der Waals surface area contributed by atoms with E-state index < -0.39 is 38.9 Å². The molecule has 142 valence electrons. The summed E-state index contributed by atoms with van der Waals surface area (Å²) in [5, 5.41) is 41.5. The van der Waals surface area contributed by atoms with Gasteiger partial charge in [0.2, 0.25) is 5.75 Å². The molecule has 0 saturated heterocycles. The minimum atomic E-state index is -0.951. The number of nitro benzene ring substituents is 1. The first kappa shape index (κ1) is 20.2. The van der Waals surface area contributed by atoms with Gasteiger partial charge in [0, 0.05) is 17.4 Å². The van der Waals surface area contributed by atoms with Crippen LogP contribution in [-0.2, 0) is 6.42 Å². The molecule has 0 aliphatic rings. The van der Waals surface area contributed by atoms with Gasteiger partial charge in [-0.1, -0.05) is 6.92 Å². The number of nitro groups is 1. The van der Waals surface area contributed by atoms with Crippen molar-refractivity contribution in [3.05, 3.63) is 48.1 Å². The number of hydrogen-bond acceptors (Lipinski definition) is 7. The van der Waals surface area contributed by atoms with Crippen LogP contribution in [0.4, 0.5) is 5.69 Å². The number of carbonyl (C=O) groups is 1. The topological polar surface area (TPSA) is 134 Å². The molecule has 11 heteroatoms. The van der Waals surface area contributed by atoms with Gasteiger partial charge in [0.1, 0.15) is 25.1 Å². The predicted octanol–water partition coefficient (Wildman–Crippen LogP) is 3.57. The molecule has 0 unspecified atom stereocenters. The maximum absolute atomic E-state index is 13.2. The van der Waals surface area contributed by atoms with Crippen LogP contribution in [0.2, 0.25) is 0 Å². The number of carbonyl (C=O) groups excluding carboxylic acids is 1. The Balaban J connectivity index is 2.38. The summed E-state index contributed by atoms with van der Waals surface area (Å²) >= 11 is 6.27. The fourth-order valence-corrected chi connectivity index (χ4v) is 4.05. The van der Waals surface area contributed by atoms with Gasteiger partial charge in [-0.3, -0.25) is 14.9 Å². The van der Waals surface area contributed by atoms with Gasteiger partial charge < -0.3 is 19.7 Å². The highest BCUT2D eigenvalue weighted by atomic mass is 79.9. The zero-order valence-corrected chi connectivity index (χ0v) is 17.3. The molecular weight excluding hydrogens is 501 g/mol. The smallest absolute Gasteiger partial charge is 0.311 e. The monoisotopic (exact) mass is 509 g/mol. The number of fused-ring (bicyclic) bond motifs is 1. The number of ketones is 1. The Hall–Kier alpha value is -2.53. The van der Waals surface area contributed by atoms with Gasteiger partial charge in [0.25, 0.3) is 0 Å². The highest BCUT2D eigenvalue weighted by molar-refractivity contribution is 9.11. The van der Waals surface area contributed by atoms with Crippen LogP contribution in [0, 0.1) is 10.1 Å². The average Bonchev–Trinajstić information content (AvgIpc) is 3.03. The number of hydrogen-bond donors (Lipinski definition) is 3. The summed E-state index contributed by atoms with van der Waals surface area (Å²) in [7, 11) is 5.62. The van der Waals surface area contributed by atoms with Crippen molar-refractivity contribution >= 4 is 67.6 Å². The molecule has 3 rings (SSSR count). The van der Waals surface area contributed by atoms with Crippen molar-refractivity contribution in [3.63, 3.8) is 0 Å². The second-order valence-electron chi connectivity index (χ2n) is 5.79. The van der Waals surface area contributed by atoms with E-state index in [1.54, 1.807) is 6.92 Å². The van der Waals surface area contributed by atoms with E-state index >= 15 is 0 Å². The summed E-state index contributed by atoms with van der Waals surface area (Å²) < 4.78 is 5.97. The molecule has 0 amide bonds. The first-order valence-electron chi connectivity index (χ1n) is 7.75. The molecule has 3 N–H and O–H groups in total. The number of aryl methyl sites for hydroxylation is 1. The molecular formula is C17H10BBr2NO7. The molecule has 0 fully saturated rings. The Kier molecular flexibility index (Phi) is 5.15. The molecule has 2 radical (unpaired) electrons. The molecule has 1 heterocycles. The second-order valence-corrected chi connectivity index (χ2v) is 7.50. The van der Waals surface area contributed by atoms with Crippen molar-refractivity contribution in [1.82, 2.24) is 0 Å². The second kappa shape index (κ2) is 7.14. The number of furan rings is 1. The third-order valence-electron chi connectivity index (χ3n) is 4.18. The Morgan fingerprint density at radius 1 is 1.18 bits per heavy atom. The first-order chi connectivity index (χ1) is 13.1. The molecule has 0 atom stereocenters. The molecule has 28 heavy (non-hydrogen) atoms. The van der Waals surface area contributed by atoms with E-state index in [0.29, 0.717) is 0 Å². The summed E-state index contributed by atoms with van der Waals surface area (Å²) in [4.78, 5) is 23.4. The lowest BCUT2D eigenvalue weighted by Gasteiger charge is -2.08. The molecule has 0 aliphatic heterocycles. The Bertz CT molecular complexity index is 1150. The number of phenols is 3. The summed E-state index contributed by atoms with van der Waals surface area (Å²) in [6, 6.07) is 2.73. The molecule has 1 aromatic heterocycles. The molecule has 0 aliphatic carbocycles. The fourth-order valence-electron chi connectivity index (χ4n) is 2.87. The highest BCUT2D eigenvalue weighted by Crippen LogP contribution is 2.43. The van der Waals surface area contributed by atoms with Crippen molar-refractivity contribution in [2.75, 3.05) is 0 Å². The van der Waals surface area contributed by atoms with Crippen LogP contribution in [-0.4, -0.2) is 33.9 Å². The van der Waals surface area contributed by atoms with Gasteiger partial charge in [-0.05, 0) is 44.0 Å². The van der Waals surface area contributed by atoms with Crippen molar-refractivity contribution in [1.29, 1.82) is 0 Å². The van der Waals surface area contributed by atoms with Gasteiger partial charge in [-0.15, -0.1) is 0 Å². The van der Waals surface area contributed by atoms with Gasteiger partial charge in [-0.2, -0.15) is 0 Å². The lowest BCUT2D eigenvalue weighted by atomic mass is 9.88. The normalized spacial score (nSPS) is 11.1. The number of phenolic OH excluding ortho intramolecular Hbond substituents is 3. The van der Waals surface area contributed by atoms with Gasteiger partial charge in [-0.25, -0.2) is 0 Å². The molecule has 8 nitrogen and oxygen atoms in total. The van der Waals surface area contributed by atoms with Crippen LogP contribution in [0.5, 0.6) is 17.2 Å². The zero-order valence-electron chi connectivity index (χ0n) is 14.1. The summed E-state index contributed by atoms with van der Waals surface area (Å²) in [6.45, 7) is 1.67. The highest BCUT2D eigenvalue weighted by Gasteiger charge is 2.32. The number of benzene rings is 2. The number of halogens is 2. The first-order valence-corrected chi connectivity index (χ1v) is 9.34. The molecule has 2 aromatic carbocycles. The van der Waals surface area contributed by atoms with Crippen molar-refractivity contribution in [3.8, 4) is 17.2 Å². The van der Waals surface area contributed by atoms with Crippen molar-refractivity contribution in [2.45, 2.75) is 13.3 Å². The maximum atomic E-state index is 13.2. The van der Waals surface area contributed by atoms with Gasteiger partial charge in [0.15, 0.2) is 11.4 Å². The Morgan fingerprint density at radius 2 is 1.75 bits per heavy atom. The van der Waals surface area contributed by atoms with E-state index in [1.807, 2.05) is 0 Å². The predicted molar refractivity (Wildman–Crippen MR) is 108 cm³/mol. The van der Waals surface area contributed by atoms with Crippen molar-refractivity contribution in [2.24, 2.45) is 0 Å². The van der Waals surface area contributed by atoms with Crippen LogP contribution in [0.25, 0.3) is 11.0 Å². The summed E-state index contributed by atoms with van der Waals surface area (Å²) in [5.41, 5.74) is -1.95. The summed E-state index contributed by atoms with van der Waals surface area (Å²) in [6.07, 6.45) is 0.197. The van der Waals surface area contributed by atoms with Gasteiger partial charge >= 0.3 is 5.69 Å². The largest absolute Gasteiger partial charge is 0.508 e. The van der Waals surface area contributed by atoms with E-state index in [2.05, 4.69) is 31.9 Å². The van der Waals surface area contributed by atoms with Crippen LogP contribution in [0.15, 0.2) is 25.5 Å². The quantitative estimate of drug-likeness (QED) is 0.160. The minimum Gasteiger partial charge on any atom is -0.508 e. The third kappa shape index (κ3) is 2.94. The standard InChI is InChI=1S/C17H10BBr2NO7/c1-2-8-9(13(22)5-3-6(19)14(23)7(20)4-5)10-15(24)11(18)12(21(26)27)16(25)17(10)28-8/h3-4,23-25H,2H2,1H3. The SMILES string of the molecule is [B]c1c([N+](=O)[O-])c(O)c2oc(CC)c(C(=O)c3cc(Br)c(O)c(Br)c3)c2c1O. The molecule has 0 bridgehead atoms. The fraction of sp³-hybridized carbons (Fsp3) is 0.118. The Labute approximate surface area is 175 Å². The van der Waals surface area contributed by atoms with Crippen LogP contribution >= 0.6 is 31.9 Å².